The third-order valence-electron chi connectivity index (χ3n) is 5.83. The molecule has 3 aromatic carbocycles. The van der Waals surface area contributed by atoms with Crippen molar-refractivity contribution in [2.75, 3.05) is 0 Å². The Labute approximate surface area is 200 Å². The SMILES string of the molecule is CC(C)(O)c1ccccc1CC[C@H](O)c1ccccc1/C=C\c1ccc2ccc(Cl)cc2n1. The van der Waals surface area contributed by atoms with Gasteiger partial charge in [0.05, 0.1) is 22.9 Å². The van der Waals surface area contributed by atoms with Crippen LogP contribution in [0.4, 0.5) is 0 Å². The number of aryl methyl sites for hydroxylation is 1. The quantitative estimate of drug-likeness (QED) is 0.315. The van der Waals surface area contributed by atoms with E-state index in [1.165, 1.54) is 0 Å². The first-order valence-electron chi connectivity index (χ1n) is 11.1. The molecule has 0 aliphatic carbocycles. The molecular weight excluding hydrogens is 430 g/mol. The summed E-state index contributed by atoms with van der Waals surface area (Å²) in [4.78, 5) is 4.68. The number of rotatable bonds is 7. The van der Waals surface area contributed by atoms with Gasteiger partial charge in [0.25, 0.3) is 0 Å². The molecule has 0 amide bonds. The van der Waals surface area contributed by atoms with Crippen molar-refractivity contribution in [3.8, 4) is 0 Å². The highest BCUT2D eigenvalue weighted by Crippen LogP contribution is 2.28. The van der Waals surface area contributed by atoms with Crippen molar-refractivity contribution in [1.29, 1.82) is 0 Å². The number of aliphatic hydroxyl groups excluding tert-OH is 1. The number of hydrogen-bond acceptors (Lipinski definition) is 3. The number of nitrogens with zero attached hydrogens (tertiary/aromatic N) is 1. The van der Waals surface area contributed by atoms with Crippen molar-refractivity contribution < 1.29 is 10.2 Å². The van der Waals surface area contributed by atoms with Crippen molar-refractivity contribution in [3.05, 3.63) is 112 Å². The van der Waals surface area contributed by atoms with Crippen LogP contribution >= 0.6 is 11.6 Å². The van der Waals surface area contributed by atoms with Crippen LogP contribution in [0.3, 0.4) is 0 Å². The topological polar surface area (TPSA) is 53.4 Å². The number of aliphatic hydroxyl groups is 2. The molecule has 0 aliphatic heterocycles. The van der Waals surface area contributed by atoms with Gasteiger partial charge in [0, 0.05) is 10.4 Å². The lowest BCUT2D eigenvalue weighted by Crippen LogP contribution is -2.18. The molecule has 1 atom stereocenters. The van der Waals surface area contributed by atoms with Gasteiger partial charge >= 0.3 is 0 Å². The molecule has 1 aromatic heterocycles. The van der Waals surface area contributed by atoms with Gasteiger partial charge in [-0.1, -0.05) is 78.3 Å². The van der Waals surface area contributed by atoms with Gasteiger partial charge in [0.1, 0.15) is 0 Å². The molecule has 0 bridgehead atoms. The van der Waals surface area contributed by atoms with E-state index in [0.29, 0.717) is 17.9 Å². The number of benzene rings is 3. The minimum Gasteiger partial charge on any atom is -0.388 e. The molecule has 1 heterocycles. The summed E-state index contributed by atoms with van der Waals surface area (Å²) < 4.78 is 0. The van der Waals surface area contributed by atoms with Gasteiger partial charge in [0.15, 0.2) is 0 Å². The van der Waals surface area contributed by atoms with Crippen molar-refractivity contribution >= 4 is 34.7 Å². The van der Waals surface area contributed by atoms with Crippen molar-refractivity contribution in [3.63, 3.8) is 0 Å². The second-order valence-corrected chi connectivity index (χ2v) is 9.24. The zero-order valence-electron chi connectivity index (χ0n) is 18.9. The Kier molecular flexibility index (Phi) is 6.94. The molecule has 33 heavy (non-hydrogen) atoms. The third-order valence-corrected chi connectivity index (χ3v) is 6.06. The van der Waals surface area contributed by atoms with Gasteiger partial charge in [-0.05, 0) is 73.2 Å². The third kappa shape index (κ3) is 5.69. The predicted molar refractivity (Wildman–Crippen MR) is 137 cm³/mol. The fraction of sp³-hybridized carbons (Fsp3) is 0.207. The monoisotopic (exact) mass is 457 g/mol. The molecule has 4 heteroatoms. The maximum absolute atomic E-state index is 11.0. The number of aromatic nitrogens is 1. The molecule has 0 radical (unpaired) electrons. The standard InChI is InChI=1S/C29H28ClNO2/c1-29(2,33)26-10-6-4-8-21(26)14-18-28(32)25-9-5-3-7-20(25)12-16-24-17-13-22-11-15-23(30)19-27(22)31-24/h3-13,15-17,19,28,32-33H,14,18H2,1-2H3/b16-12-/t28-/m0/s1. The van der Waals surface area contributed by atoms with Crippen LogP contribution in [0.25, 0.3) is 23.1 Å². The Bertz CT molecular complexity index is 1290. The Hall–Kier alpha value is -2.98. The summed E-state index contributed by atoms with van der Waals surface area (Å²) in [5.41, 5.74) is 4.53. The smallest absolute Gasteiger partial charge is 0.0843 e. The summed E-state index contributed by atoms with van der Waals surface area (Å²) in [5.74, 6) is 0. The van der Waals surface area contributed by atoms with Gasteiger partial charge in [-0.15, -0.1) is 0 Å². The predicted octanol–water partition coefficient (Wildman–Crippen LogP) is 6.95. The van der Waals surface area contributed by atoms with Gasteiger partial charge in [-0.3, -0.25) is 0 Å². The zero-order chi connectivity index (χ0) is 23.4. The maximum atomic E-state index is 11.0. The van der Waals surface area contributed by atoms with E-state index in [4.69, 9.17) is 11.6 Å². The average molecular weight is 458 g/mol. The lowest BCUT2D eigenvalue weighted by Gasteiger charge is -2.22. The summed E-state index contributed by atoms with van der Waals surface area (Å²) >= 11 is 6.11. The van der Waals surface area contributed by atoms with Gasteiger partial charge < -0.3 is 10.2 Å². The summed E-state index contributed by atoms with van der Waals surface area (Å²) in [6.07, 6.45) is 4.55. The fourth-order valence-corrected chi connectivity index (χ4v) is 4.29. The van der Waals surface area contributed by atoms with E-state index < -0.39 is 11.7 Å². The number of fused-ring (bicyclic) bond motifs is 1. The van der Waals surface area contributed by atoms with Crippen LogP contribution in [0, 0.1) is 0 Å². The normalized spacial score (nSPS) is 13.0. The first-order chi connectivity index (χ1) is 15.8. The van der Waals surface area contributed by atoms with E-state index in [0.717, 1.165) is 38.9 Å². The molecule has 3 nitrogen and oxygen atoms in total. The highest BCUT2D eigenvalue weighted by Gasteiger charge is 2.20. The summed E-state index contributed by atoms with van der Waals surface area (Å²) in [5, 5.41) is 23.2. The number of pyridine rings is 1. The first kappa shape index (κ1) is 23.2. The second kappa shape index (κ2) is 9.88. The van der Waals surface area contributed by atoms with Crippen molar-refractivity contribution in [1.82, 2.24) is 4.98 Å². The van der Waals surface area contributed by atoms with Crippen LogP contribution in [0.2, 0.25) is 5.02 Å². The van der Waals surface area contributed by atoms with Crippen LogP contribution < -0.4 is 0 Å². The van der Waals surface area contributed by atoms with E-state index in [-0.39, 0.29) is 0 Å². The minimum atomic E-state index is -0.917. The highest BCUT2D eigenvalue weighted by atomic mass is 35.5. The van der Waals surface area contributed by atoms with Crippen LogP contribution in [0.1, 0.15) is 54.3 Å². The van der Waals surface area contributed by atoms with Crippen LogP contribution in [0.5, 0.6) is 0 Å². The second-order valence-electron chi connectivity index (χ2n) is 8.81. The van der Waals surface area contributed by atoms with Crippen LogP contribution in [-0.4, -0.2) is 15.2 Å². The van der Waals surface area contributed by atoms with Gasteiger partial charge in [-0.25, -0.2) is 4.98 Å². The van der Waals surface area contributed by atoms with Gasteiger partial charge in [0.2, 0.25) is 0 Å². The number of halogens is 1. The van der Waals surface area contributed by atoms with Crippen molar-refractivity contribution in [2.45, 2.75) is 38.4 Å². The molecule has 168 valence electrons. The molecule has 4 rings (SSSR count). The van der Waals surface area contributed by atoms with Crippen LogP contribution in [-0.2, 0) is 12.0 Å². The Balaban J connectivity index is 1.53. The first-order valence-corrected chi connectivity index (χ1v) is 11.5. The fourth-order valence-electron chi connectivity index (χ4n) is 4.12. The van der Waals surface area contributed by atoms with Gasteiger partial charge in [-0.2, -0.15) is 0 Å². The lowest BCUT2D eigenvalue weighted by atomic mass is 9.89. The van der Waals surface area contributed by atoms with E-state index in [9.17, 15) is 10.2 Å². The summed E-state index contributed by atoms with van der Waals surface area (Å²) in [7, 11) is 0. The lowest BCUT2D eigenvalue weighted by molar-refractivity contribution is 0.0772. The van der Waals surface area contributed by atoms with Crippen molar-refractivity contribution in [2.24, 2.45) is 0 Å². The zero-order valence-corrected chi connectivity index (χ0v) is 19.6. The maximum Gasteiger partial charge on any atom is 0.0843 e. The molecular formula is C29H28ClNO2. The summed E-state index contributed by atoms with van der Waals surface area (Å²) in [6, 6.07) is 25.4. The van der Waals surface area contributed by atoms with E-state index in [1.54, 1.807) is 13.8 Å². The molecule has 0 unspecified atom stereocenters. The molecule has 0 spiro atoms. The molecule has 0 saturated heterocycles. The Morgan fingerprint density at radius 2 is 1.67 bits per heavy atom. The molecule has 0 aliphatic rings. The molecule has 4 aromatic rings. The Morgan fingerprint density at radius 1 is 0.939 bits per heavy atom. The summed E-state index contributed by atoms with van der Waals surface area (Å²) in [6.45, 7) is 3.58. The molecule has 0 saturated carbocycles. The van der Waals surface area contributed by atoms with E-state index in [1.807, 2.05) is 91.0 Å². The van der Waals surface area contributed by atoms with Crippen LogP contribution in [0.15, 0.2) is 78.9 Å². The van der Waals surface area contributed by atoms with E-state index in [2.05, 4.69) is 4.98 Å². The van der Waals surface area contributed by atoms with E-state index >= 15 is 0 Å². The minimum absolute atomic E-state index is 0.560. The largest absolute Gasteiger partial charge is 0.388 e. The Morgan fingerprint density at radius 3 is 2.48 bits per heavy atom. The average Bonchev–Trinajstić information content (AvgIpc) is 2.80. The molecule has 2 N–H and O–H groups in total. The number of hydrogen-bond donors (Lipinski definition) is 2. The highest BCUT2D eigenvalue weighted by molar-refractivity contribution is 6.31. The molecule has 0 fully saturated rings.